The summed E-state index contributed by atoms with van der Waals surface area (Å²) in [7, 11) is 0. The molecule has 7 nitrogen and oxygen atoms in total. The Morgan fingerprint density at radius 3 is 2.73 bits per heavy atom. The third-order valence-electron chi connectivity index (χ3n) is 3.62. The van der Waals surface area contributed by atoms with Crippen molar-refractivity contribution in [3.63, 3.8) is 0 Å². The summed E-state index contributed by atoms with van der Waals surface area (Å²) in [6, 6.07) is 13.5. The number of aromatic nitrogens is 3. The van der Waals surface area contributed by atoms with E-state index in [1.807, 2.05) is 47.8 Å². The first-order valence-corrected chi connectivity index (χ1v) is 9.64. The SMILES string of the molecule is Cc1nnc(SCC(=O)N[C@H](c2ccccc2)c2cccs2)n(N)c1=O. The lowest BCUT2D eigenvalue weighted by molar-refractivity contribution is -0.119. The molecule has 0 unspecified atom stereocenters. The molecule has 2 heterocycles. The average Bonchev–Trinajstić information content (AvgIpc) is 3.19. The fourth-order valence-electron chi connectivity index (χ4n) is 2.32. The number of aryl methyl sites for hydroxylation is 1. The maximum atomic E-state index is 12.5. The molecule has 26 heavy (non-hydrogen) atoms. The molecule has 0 fully saturated rings. The predicted molar refractivity (Wildman–Crippen MR) is 103 cm³/mol. The van der Waals surface area contributed by atoms with Crippen LogP contribution in [-0.4, -0.2) is 26.5 Å². The first kappa shape index (κ1) is 18.2. The van der Waals surface area contributed by atoms with E-state index in [2.05, 4.69) is 15.5 Å². The summed E-state index contributed by atoms with van der Waals surface area (Å²) in [5.41, 5.74) is 0.783. The van der Waals surface area contributed by atoms with Crippen LogP contribution in [0.15, 0.2) is 57.8 Å². The van der Waals surface area contributed by atoms with Crippen LogP contribution in [0.2, 0.25) is 0 Å². The van der Waals surface area contributed by atoms with Gasteiger partial charge in [-0.3, -0.25) is 9.59 Å². The van der Waals surface area contributed by atoms with E-state index < -0.39 is 5.56 Å². The maximum absolute atomic E-state index is 12.5. The summed E-state index contributed by atoms with van der Waals surface area (Å²) in [5, 5.41) is 12.8. The number of thioether (sulfide) groups is 1. The van der Waals surface area contributed by atoms with Gasteiger partial charge in [-0.15, -0.1) is 21.5 Å². The van der Waals surface area contributed by atoms with Crippen LogP contribution in [0.4, 0.5) is 0 Å². The largest absolute Gasteiger partial charge is 0.344 e. The van der Waals surface area contributed by atoms with Crippen molar-refractivity contribution in [2.45, 2.75) is 18.1 Å². The van der Waals surface area contributed by atoms with Gasteiger partial charge in [-0.2, -0.15) is 4.68 Å². The third kappa shape index (κ3) is 4.12. The molecule has 3 rings (SSSR count). The predicted octanol–water partition coefficient (Wildman–Crippen LogP) is 1.72. The molecule has 1 amide bonds. The standard InChI is InChI=1S/C17H17N5O2S2/c1-11-16(24)22(18)17(21-20-11)26-10-14(23)19-15(13-8-5-9-25-13)12-6-3-2-4-7-12/h2-9,15H,10,18H2,1H3,(H,19,23)/t15-/m1/s1. The highest BCUT2D eigenvalue weighted by Crippen LogP contribution is 2.26. The van der Waals surface area contributed by atoms with Crippen LogP contribution in [-0.2, 0) is 4.79 Å². The van der Waals surface area contributed by atoms with Gasteiger partial charge in [-0.1, -0.05) is 48.2 Å². The van der Waals surface area contributed by atoms with Gasteiger partial charge in [-0.05, 0) is 23.9 Å². The molecule has 0 radical (unpaired) electrons. The zero-order valence-corrected chi connectivity index (χ0v) is 15.6. The van der Waals surface area contributed by atoms with Crippen LogP contribution >= 0.6 is 23.1 Å². The number of carbonyl (C=O) groups is 1. The molecular formula is C17H17N5O2S2. The Labute approximate surface area is 158 Å². The molecule has 0 aliphatic carbocycles. The van der Waals surface area contributed by atoms with Crippen LogP contribution < -0.4 is 16.7 Å². The van der Waals surface area contributed by atoms with Crippen LogP contribution in [0.5, 0.6) is 0 Å². The van der Waals surface area contributed by atoms with E-state index >= 15 is 0 Å². The maximum Gasteiger partial charge on any atom is 0.294 e. The molecule has 0 saturated carbocycles. The average molecular weight is 387 g/mol. The molecule has 1 atom stereocenters. The van der Waals surface area contributed by atoms with Gasteiger partial charge in [0.15, 0.2) is 0 Å². The van der Waals surface area contributed by atoms with Crippen molar-refractivity contribution in [3.05, 3.63) is 74.3 Å². The molecule has 0 saturated heterocycles. The van der Waals surface area contributed by atoms with E-state index in [1.165, 1.54) is 6.92 Å². The van der Waals surface area contributed by atoms with Crippen molar-refractivity contribution in [2.24, 2.45) is 0 Å². The van der Waals surface area contributed by atoms with E-state index in [4.69, 9.17) is 5.84 Å². The highest BCUT2D eigenvalue weighted by molar-refractivity contribution is 7.99. The number of nitrogens with zero attached hydrogens (tertiary/aromatic N) is 3. The number of thiophene rings is 1. The number of rotatable bonds is 6. The van der Waals surface area contributed by atoms with Crippen LogP contribution in [0.3, 0.4) is 0 Å². The third-order valence-corrected chi connectivity index (χ3v) is 5.50. The smallest absolute Gasteiger partial charge is 0.294 e. The monoisotopic (exact) mass is 387 g/mol. The molecule has 0 spiro atoms. The first-order chi connectivity index (χ1) is 12.6. The summed E-state index contributed by atoms with van der Waals surface area (Å²) in [6.07, 6.45) is 0. The summed E-state index contributed by atoms with van der Waals surface area (Å²) in [4.78, 5) is 25.3. The number of nitrogen functional groups attached to an aromatic ring is 1. The minimum atomic E-state index is -0.427. The molecule has 1 aromatic carbocycles. The van der Waals surface area contributed by atoms with Crippen LogP contribution in [0.25, 0.3) is 0 Å². The van der Waals surface area contributed by atoms with E-state index in [1.54, 1.807) is 11.3 Å². The molecular weight excluding hydrogens is 370 g/mol. The number of amides is 1. The molecule has 0 aliphatic rings. The van der Waals surface area contributed by atoms with Gasteiger partial charge in [0.1, 0.15) is 5.69 Å². The molecule has 0 bridgehead atoms. The van der Waals surface area contributed by atoms with Crippen molar-refractivity contribution < 1.29 is 4.79 Å². The number of hydrogen-bond acceptors (Lipinski definition) is 7. The Kier molecular flexibility index (Phi) is 5.69. The van der Waals surface area contributed by atoms with Crippen LogP contribution in [0.1, 0.15) is 22.2 Å². The van der Waals surface area contributed by atoms with Crippen molar-refractivity contribution in [3.8, 4) is 0 Å². The topological polar surface area (TPSA) is 103 Å². The highest BCUT2D eigenvalue weighted by atomic mass is 32.2. The summed E-state index contributed by atoms with van der Waals surface area (Å²) < 4.78 is 0.911. The Hall–Kier alpha value is -2.65. The number of benzene rings is 1. The first-order valence-electron chi connectivity index (χ1n) is 7.78. The zero-order chi connectivity index (χ0) is 18.5. The molecule has 2 aromatic heterocycles. The second-order valence-electron chi connectivity index (χ2n) is 5.46. The van der Waals surface area contributed by atoms with Gasteiger partial charge in [0.25, 0.3) is 5.56 Å². The van der Waals surface area contributed by atoms with Crippen molar-refractivity contribution in [2.75, 3.05) is 11.6 Å². The van der Waals surface area contributed by atoms with Gasteiger partial charge in [0, 0.05) is 4.88 Å². The fourth-order valence-corrected chi connectivity index (χ4v) is 3.79. The highest BCUT2D eigenvalue weighted by Gasteiger charge is 2.18. The van der Waals surface area contributed by atoms with Gasteiger partial charge in [0.05, 0.1) is 11.8 Å². The van der Waals surface area contributed by atoms with Gasteiger partial charge in [0.2, 0.25) is 11.1 Å². The van der Waals surface area contributed by atoms with E-state index in [9.17, 15) is 9.59 Å². The Bertz CT molecular complexity index is 942. The molecule has 3 aromatic rings. The van der Waals surface area contributed by atoms with Crippen molar-refractivity contribution >= 4 is 29.0 Å². The van der Waals surface area contributed by atoms with Crippen LogP contribution in [0, 0.1) is 6.92 Å². The summed E-state index contributed by atoms with van der Waals surface area (Å²) >= 11 is 2.65. The van der Waals surface area contributed by atoms with E-state index in [0.717, 1.165) is 26.9 Å². The van der Waals surface area contributed by atoms with E-state index in [-0.39, 0.29) is 28.6 Å². The lowest BCUT2D eigenvalue weighted by atomic mass is 10.1. The number of nitrogens with one attached hydrogen (secondary N) is 1. The van der Waals surface area contributed by atoms with Gasteiger partial charge in [-0.25, -0.2) is 0 Å². The minimum Gasteiger partial charge on any atom is -0.344 e. The van der Waals surface area contributed by atoms with Gasteiger partial charge >= 0.3 is 0 Å². The quantitative estimate of drug-likeness (QED) is 0.493. The zero-order valence-electron chi connectivity index (χ0n) is 14.0. The normalized spacial score (nSPS) is 11.9. The second-order valence-corrected chi connectivity index (χ2v) is 7.38. The van der Waals surface area contributed by atoms with Crippen molar-refractivity contribution in [1.29, 1.82) is 0 Å². The lowest BCUT2D eigenvalue weighted by Gasteiger charge is -2.18. The Morgan fingerprint density at radius 1 is 1.27 bits per heavy atom. The number of hydrogen-bond donors (Lipinski definition) is 2. The molecule has 3 N–H and O–H groups in total. The Morgan fingerprint density at radius 2 is 2.04 bits per heavy atom. The number of nitrogens with two attached hydrogens (primary N) is 1. The summed E-state index contributed by atoms with van der Waals surface area (Å²) in [5.74, 6) is 5.57. The second kappa shape index (κ2) is 8.15. The van der Waals surface area contributed by atoms with Gasteiger partial charge < -0.3 is 11.2 Å². The Balaban J connectivity index is 1.71. The van der Waals surface area contributed by atoms with E-state index in [0.29, 0.717) is 0 Å². The summed E-state index contributed by atoms with van der Waals surface area (Å²) in [6.45, 7) is 1.53. The molecule has 0 aliphatic heterocycles. The minimum absolute atomic E-state index is 0.0725. The molecule has 134 valence electrons. The fraction of sp³-hybridized carbons (Fsp3) is 0.176. The molecule has 9 heteroatoms. The number of carbonyl (C=O) groups excluding carboxylic acids is 1. The lowest BCUT2D eigenvalue weighted by Crippen LogP contribution is -2.33. The van der Waals surface area contributed by atoms with Crippen molar-refractivity contribution in [1.82, 2.24) is 20.2 Å².